The molecule has 0 radical (unpaired) electrons. The fourth-order valence-corrected chi connectivity index (χ4v) is 1.91. The SMILES string of the molecule is COc1ccc(C2(C=O)C=CC=CC2)cc1. The first-order valence-electron chi connectivity index (χ1n) is 5.26. The Morgan fingerprint density at radius 1 is 1.25 bits per heavy atom. The second-order valence-electron chi connectivity index (χ2n) is 3.88. The number of aldehydes is 1. The van der Waals surface area contributed by atoms with Gasteiger partial charge in [-0.2, -0.15) is 0 Å². The van der Waals surface area contributed by atoms with Crippen molar-refractivity contribution >= 4 is 6.29 Å². The van der Waals surface area contributed by atoms with Crippen LogP contribution in [-0.4, -0.2) is 13.4 Å². The molecule has 1 atom stereocenters. The summed E-state index contributed by atoms with van der Waals surface area (Å²) in [4.78, 5) is 11.3. The monoisotopic (exact) mass is 214 g/mol. The highest BCUT2D eigenvalue weighted by atomic mass is 16.5. The standard InChI is InChI=1S/C14H14O2/c1-16-13-7-5-12(6-8-13)14(11-15)9-3-2-4-10-14/h2-9,11H,10H2,1H3. The summed E-state index contributed by atoms with van der Waals surface area (Å²) in [6.07, 6.45) is 9.57. The minimum atomic E-state index is -0.499. The maximum absolute atomic E-state index is 11.3. The molecule has 1 unspecified atom stereocenters. The molecule has 0 spiro atoms. The Hall–Kier alpha value is -1.83. The predicted molar refractivity (Wildman–Crippen MR) is 63.6 cm³/mol. The quantitative estimate of drug-likeness (QED) is 0.723. The molecule has 1 aromatic rings. The van der Waals surface area contributed by atoms with Gasteiger partial charge in [0, 0.05) is 0 Å². The van der Waals surface area contributed by atoms with E-state index in [1.54, 1.807) is 7.11 Å². The van der Waals surface area contributed by atoms with Gasteiger partial charge in [0.15, 0.2) is 0 Å². The topological polar surface area (TPSA) is 26.3 Å². The number of benzene rings is 1. The highest BCUT2D eigenvalue weighted by molar-refractivity contribution is 5.73. The first kappa shape index (κ1) is 10.7. The van der Waals surface area contributed by atoms with Crippen molar-refractivity contribution in [2.75, 3.05) is 7.11 Å². The molecule has 2 nitrogen and oxygen atoms in total. The van der Waals surface area contributed by atoms with E-state index in [1.165, 1.54) is 0 Å². The van der Waals surface area contributed by atoms with Gasteiger partial charge < -0.3 is 9.53 Å². The second kappa shape index (κ2) is 4.35. The Kier molecular flexibility index (Phi) is 2.91. The third kappa shape index (κ3) is 1.78. The highest BCUT2D eigenvalue weighted by Gasteiger charge is 2.28. The molecular weight excluding hydrogens is 200 g/mol. The van der Waals surface area contributed by atoms with Gasteiger partial charge in [0.2, 0.25) is 0 Å². The number of rotatable bonds is 3. The molecule has 82 valence electrons. The molecule has 16 heavy (non-hydrogen) atoms. The number of ether oxygens (including phenoxy) is 1. The normalized spacial score (nSPS) is 23.1. The molecule has 0 amide bonds. The van der Waals surface area contributed by atoms with Gasteiger partial charge in [0.05, 0.1) is 12.5 Å². The van der Waals surface area contributed by atoms with Crippen molar-refractivity contribution in [3.05, 3.63) is 54.1 Å². The highest BCUT2D eigenvalue weighted by Crippen LogP contribution is 2.31. The van der Waals surface area contributed by atoms with Gasteiger partial charge in [0.1, 0.15) is 12.0 Å². The van der Waals surface area contributed by atoms with E-state index in [1.807, 2.05) is 48.6 Å². The van der Waals surface area contributed by atoms with Crippen molar-refractivity contribution in [2.24, 2.45) is 0 Å². The molecule has 0 heterocycles. The first-order valence-corrected chi connectivity index (χ1v) is 5.26. The fourth-order valence-electron chi connectivity index (χ4n) is 1.91. The average molecular weight is 214 g/mol. The van der Waals surface area contributed by atoms with Crippen LogP contribution in [0.5, 0.6) is 5.75 Å². The van der Waals surface area contributed by atoms with Crippen LogP contribution in [0.15, 0.2) is 48.6 Å². The molecule has 0 N–H and O–H groups in total. The Morgan fingerprint density at radius 3 is 2.50 bits per heavy atom. The maximum atomic E-state index is 11.3. The van der Waals surface area contributed by atoms with Crippen molar-refractivity contribution in [1.82, 2.24) is 0 Å². The summed E-state index contributed by atoms with van der Waals surface area (Å²) in [7, 11) is 1.63. The Balaban J connectivity index is 2.37. The smallest absolute Gasteiger partial charge is 0.134 e. The van der Waals surface area contributed by atoms with Crippen LogP contribution in [0.3, 0.4) is 0 Å². The zero-order valence-corrected chi connectivity index (χ0v) is 9.22. The Morgan fingerprint density at radius 2 is 2.00 bits per heavy atom. The molecule has 0 saturated heterocycles. The van der Waals surface area contributed by atoms with Crippen LogP contribution in [0.25, 0.3) is 0 Å². The summed E-state index contributed by atoms with van der Waals surface area (Å²) in [6.45, 7) is 0. The fraction of sp³-hybridized carbons (Fsp3) is 0.214. The van der Waals surface area contributed by atoms with Crippen LogP contribution < -0.4 is 4.74 Å². The predicted octanol–water partition coefficient (Wildman–Crippen LogP) is 2.65. The van der Waals surface area contributed by atoms with Gasteiger partial charge in [-0.25, -0.2) is 0 Å². The van der Waals surface area contributed by atoms with Gasteiger partial charge >= 0.3 is 0 Å². The van der Waals surface area contributed by atoms with Crippen molar-refractivity contribution in [1.29, 1.82) is 0 Å². The molecule has 0 aromatic heterocycles. The Bertz CT molecular complexity index is 429. The molecule has 0 bridgehead atoms. The van der Waals surface area contributed by atoms with Crippen molar-refractivity contribution in [2.45, 2.75) is 11.8 Å². The minimum Gasteiger partial charge on any atom is -0.497 e. The molecule has 0 saturated carbocycles. The number of hydrogen-bond donors (Lipinski definition) is 0. The number of carbonyl (C=O) groups is 1. The summed E-state index contributed by atoms with van der Waals surface area (Å²) in [5, 5.41) is 0. The number of allylic oxidation sites excluding steroid dienone is 4. The molecule has 1 aliphatic carbocycles. The second-order valence-corrected chi connectivity index (χ2v) is 3.88. The molecule has 0 fully saturated rings. The van der Waals surface area contributed by atoms with E-state index in [0.29, 0.717) is 0 Å². The van der Waals surface area contributed by atoms with Crippen LogP contribution in [0.1, 0.15) is 12.0 Å². The van der Waals surface area contributed by atoms with Gasteiger partial charge in [-0.3, -0.25) is 0 Å². The molecule has 0 aliphatic heterocycles. The van der Waals surface area contributed by atoms with E-state index in [2.05, 4.69) is 0 Å². The number of carbonyl (C=O) groups excluding carboxylic acids is 1. The summed E-state index contributed by atoms with van der Waals surface area (Å²) in [6, 6.07) is 7.65. The lowest BCUT2D eigenvalue weighted by Gasteiger charge is -2.25. The van der Waals surface area contributed by atoms with E-state index in [9.17, 15) is 4.79 Å². The number of methoxy groups -OCH3 is 1. The van der Waals surface area contributed by atoms with Crippen LogP contribution in [-0.2, 0) is 10.2 Å². The molecular formula is C14H14O2. The van der Waals surface area contributed by atoms with Crippen LogP contribution in [0.2, 0.25) is 0 Å². The zero-order valence-electron chi connectivity index (χ0n) is 9.22. The van der Waals surface area contributed by atoms with Crippen molar-refractivity contribution in [3.8, 4) is 5.75 Å². The van der Waals surface area contributed by atoms with E-state index in [0.717, 1.165) is 24.0 Å². The lowest BCUT2D eigenvalue weighted by molar-refractivity contribution is -0.111. The maximum Gasteiger partial charge on any atom is 0.134 e. The summed E-state index contributed by atoms with van der Waals surface area (Å²) in [5.41, 5.74) is 0.505. The van der Waals surface area contributed by atoms with Crippen molar-refractivity contribution < 1.29 is 9.53 Å². The summed E-state index contributed by atoms with van der Waals surface area (Å²) >= 11 is 0. The van der Waals surface area contributed by atoms with E-state index in [4.69, 9.17) is 4.74 Å². The summed E-state index contributed by atoms with van der Waals surface area (Å²) < 4.78 is 5.10. The van der Waals surface area contributed by atoms with Gasteiger partial charge in [0.25, 0.3) is 0 Å². The third-order valence-corrected chi connectivity index (χ3v) is 2.93. The van der Waals surface area contributed by atoms with E-state index >= 15 is 0 Å². The lowest BCUT2D eigenvalue weighted by atomic mass is 9.77. The molecule has 2 heteroatoms. The third-order valence-electron chi connectivity index (χ3n) is 2.93. The summed E-state index contributed by atoms with van der Waals surface area (Å²) in [5.74, 6) is 0.806. The lowest BCUT2D eigenvalue weighted by Crippen LogP contribution is -2.25. The van der Waals surface area contributed by atoms with Crippen LogP contribution >= 0.6 is 0 Å². The first-order chi connectivity index (χ1) is 7.80. The van der Waals surface area contributed by atoms with Crippen LogP contribution in [0, 0.1) is 0 Å². The Labute approximate surface area is 95.2 Å². The van der Waals surface area contributed by atoms with Crippen LogP contribution in [0.4, 0.5) is 0 Å². The van der Waals surface area contributed by atoms with E-state index in [-0.39, 0.29) is 0 Å². The van der Waals surface area contributed by atoms with Gasteiger partial charge in [-0.15, -0.1) is 0 Å². The van der Waals surface area contributed by atoms with Gasteiger partial charge in [-0.1, -0.05) is 36.4 Å². The van der Waals surface area contributed by atoms with Crippen molar-refractivity contribution in [3.63, 3.8) is 0 Å². The van der Waals surface area contributed by atoms with Gasteiger partial charge in [-0.05, 0) is 24.1 Å². The molecule has 2 rings (SSSR count). The van der Waals surface area contributed by atoms with E-state index < -0.39 is 5.41 Å². The number of hydrogen-bond acceptors (Lipinski definition) is 2. The molecule has 1 aromatic carbocycles. The minimum absolute atomic E-state index is 0.499. The zero-order chi connectivity index (χ0) is 11.4. The largest absolute Gasteiger partial charge is 0.497 e. The average Bonchev–Trinajstić information content (AvgIpc) is 2.39. The molecule has 1 aliphatic rings.